The molecule has 0 aliphatic heterocycles. The van der Waals surface area contributed by atoms with E-state index >= 15 is 0 Å². The van der Waals surface area contributed by atoms with E-state index in [-0.39, 0.29) is 22.5 Å². The normalized spacial score (nSPS) is 11.6. The molecule has 1 aromatic heterocycles. The molecule has 1 aromatic carbocycles. The highest BCUT2D eigenvalue weighted by molar-refractivity contribution is 7.99. The fourth-order valence-electron chi connectivity index (χ4n) is 2.15. The van der Waals surface area contributed by atoms with Crippen molar-refractivity contribution in [3.05, 3.63) is 29.1 Å². The molecule has 25 heavy (non-hydrogen) atoms. The van der Waals surface area contributed by atoms with Crippen molar-refractivity contribution in [1.82, 2.24) is 20.1 Å². The number of nitrogens with zero attached hydrogens (tertiary/aromatic N) is 3. The summed E-state index contributed by atoms with van der Waals surface area (Å²) >= 11 is 1.37. The zero-order valence-electron chi connectivity index (χ0n) is 13.7. The molecule has 0 saturated heterocycles. The summed E-state index contributed by atoms with van der Waals surface area (Å²) in [6.45, 7) is 1.90. The van der Waals surface area contributed by atoms with E-state index in [9.17, 15) is 22.4 Å². The summed E-state index contributed by atoms with van der Waals surface area (Å²) in [6.07, 6.45) is -4.53. The summed E-state index contributed by atoms with van der Waals surface area (Å²) in [5, 5.41) is 6.37. The van der Waals surface area contributed by atoms with E-state index in [0.29, 0.717) is 5.16 Å². The van der Waals surface area contributed by atoms with Crippen LogP contribution in [0.2, 0.25) is 0 Å². The third-order valence-electron chi connectivity index (χ3n) is 3.27. The molecule has 5 nitrogen and oxygen atoms in total. The number of rotatable bonds is 5. The number of alkyl halides is 3. The molecule has 136 valence electrons. The van der Waals surface area contributed by atoms with Gasteiger partial charge in [0.1, 0.15) is 12.4 Å². The number of hydrogen-bond acceptors (Lipinski definition) is 4. The van der Waals surface area contributed by atoms with Gasteiger partial charge in [0.15, 0.2) is 5.82 Å². The first-order valence-corrected chi connectivity index (χ1v) is 8.30. The largest absolute Gasteiger partial charge is 0.405 e. The Morgan fingerprint density at radius 3 is 2.64 bits per heavy atom. The van der Waals surface area contributed by atoms with E-state index < -0.39 is 24.4 Å². The molecule has 1 N–H and O–H groups in total. The average molecular weight is 376 g/mol. The molecule has 10 heteroatoms. The zero-order chi connectivity index (χ0) is 18.8. The minimum atomic E-state index is -4.53. The lowest BCUT2D eigenvalue weighted by Gasteiger charge is -2.12. The molecule has 0 atom stereocenters. The van der Waals surface area contributed by atoms with Crippen LogP contribution in [0.3, 0.4) is 0 Å². The maximum absolute atomic E-state index is 14.3. The third kappa shape index (κ3) is 4.71. The number of amides is 1. The van der Waals surface area contributed by atoms with Crippen LogP contribution in [0.1, 0.15) is 22.8 Å². The van der Waals surface area contributed by atoms with E-state index in [0.717, 1.165) is 11.8 Å². The van der Waals surface area contributed by atoms with E-state index in [1.54, 1.807) is 12.4 Å². The molecule has 1 amide bonds. The van der Waals surface area contributed by atoms with Crippen LogP contribution >= 0.6 is 11.8 Å². The van der Waals surface area contributed by atoms with Crippen LogP contribution < -0.4 is 5.32 Å². The Morgan fingerprint density at radius 1 is 1.36 bits per heavy atom. The third-order valence-corrected chi connectivity index (χ3v) is 3.99. The van der Waals surface area contributed by atoms with Gasteiger partial charge in [-0.1, -0.05) is 18.7 Å². The first-order valence-electron chi connectivity index (χ1n) is 7.31. The van der Waals surface area contributed by atoms with Crippen LogP contribution in [0.15, 0.2) is 17.3 Å². The van der Waals surface area contributed by atoms with E-state index in [2.05, 4.69) is 10.1 Å². The summed E-state index contributed by atoms with van der Waals surface area (Å²) in [5.74, 6) is -0.640. The second-order valence-electron chi connectivity index (χ2n) is 5.22. The standard InChI is InChI=1S/C15H16F4N4OS/c1-4-25-14-21-12(23(3)22-14)10-6-9(8(2)5-11(10)16)13(24)20-7-15(17,18)19/h5-6H,4,7H2,1-3H3,(H,20,24). The van der Waals surface area contributed by atoms with Crippen molar-refractivity contribution in [3.63, 3.8) is 0 Å². The molecule has 2 rings (SSSR count). The summed E-state index contributed by atoms with van der Waals surface area (Å²) in [7, 11) is 1.57. The predicted octanol–water partition coefficient (Wildman–Crippen LogP) is 3.33. The Labute approximate surface area is 145 Å². The van der Waals surface area contributed by atoms with Gasteiger partial charge in [0.2, 0.25) is 5.16 Å². The van der Waals surface area contributed by atoms with Gasteiger partial charge in [-0.25, -0.2) is 14.1 Å². The van der Waals surface area contributed by atoms with Crippen LogP contribution in [0.4, 0.5) is 17.6 Å². The number of benzene rings is 1. The summed E-state index contributed by atoms with van der Waals surface area (Å²) in [5.41, 5.74) is 0.181. The van der Waals surface area contributed by atoms with Gasteiger partial charge in [-0.05, 0) is 30.4 Å². The van der Waals surface area contributed by atoms with Crippen molar-refractivity contribution < 1.29 is 22.4 Å². The fraction of sp³-hybridized carbons (Fsp3) is 0.400. The van der Waals surface area contributed by atoms with Crippen LogP contribution in [0.5, 0.6) is 0 Å². The number of aromatic nitrogens is 3. The topological polar surface area (TPSA) is 59.8 Å². The van der Waals surface area contributed by atoms with E-state index in [1.165, 1.54) is 29.4 Å². The van der Waals surface area contributed by atoms with Gasteiger partial charge in [-0.15, -0.1) is 5.10 Å². The maximum Gasteiger partial charge on any atom is 0.405 e. The summed E-state index contributed by atoms with van der Waals surface area (Å²) < 4.78 is 52.5. The number of carbonyl (C=O) groups excluding carboxylic acids is 1. The van der Waals surface area contributed by atoms with Gasteiger partial charge in [0.25, 0.3) is 5.91 Å². The molecule has 0 radical (unpaired) electrons. The van der Waals surface area contributed by atoms with Crippen LogP contribution in [0, 0.1) is 12.7 Å². The lowest BCUT2D eigenvalue weighted by atomic mass is 10.0. The van der Waals surface area contributed by atoms with Gasteiger partial charge in [0, 0.05) is 12.6 Å². The van der Waals surface area contributed by atoms with Crippen molar-refractivity contribution in [2.75, 3.05) is 12.3 Å². The monoisotopic (exact) mass is 376 g/mol. The Bertz CT molecular complexity index is 789. The molecule has 0 aliphatic carbocycles. The molecular formula is C15H16F4N4OS. The Kier molecular flexibility index (Phi) is 5.71. The van der Waals surface area contributed by atoms with Crippen LogP contribution in [-0.2, 0) is 7.05 Å². The first kappa shape index (κ1) is 19.2. The lowest BCUT2D eigenvalue weighted by Crippen LogP contribution is -2.34. The second kappa shape index (κ2) is 7.42. The number of thioether (sulfide) groups is 1. The Balaban J connectivity index is 2.39. The lowest BCUT2D eigenvalue weighted by molar-refractivity contribution is -0.123. The minimum absolute atomic E-state index is 0.000659. The van der Waals surface area contributed by atoms with Crippen LogP contribution in [0.25, 0.3) is 11.4 Å². The van der Waals surface area contributed by atoms with Gasteiger partial charge >= 0.3 is 6.18 Å². The Morgan fingerprint density at radius 2 is 2.04 bits per heavy atom. The average Bonchev–Trinajstić information content (AvgIpc) is 2.85. The number of aryl methyl sites for hydroxylation is 2. The molecule has 1 heterocycles. The summed E-state index contributed by atoms with van der Waals surface area (Å²) in [4.78, 5) is 16.2. The number of hydrogen-bond donors (Lipinski definition) is 1. The van der Waals surface area contributed by atoms with Gasteiger partial charge in [-0.3, -0.25) is 4.79 Å². The number of halogens is 4. The van der Waals surface area contributed by atoms with Gasteiger partial charge in [0.05, 0.1) is 5.56 Å². The molecule has 0 fully saturated rings. The predicted molar refractivity (Wildman–Crippen MR) is 85.9 cm³/mol. The second-order valence-corrected chi connectivity index (χ2v) is 6.45. The summed E-state index contributed by atoms with van der Waals surface area (Å²) in [6, 6.07) is 2.29. The SMILES string of the molecule is CCSc1nc(-c2cc(C(=O)NCC(F)(F)F)c(C)cc2F)n(C)n1. The molecule has 0 aliphatic rings. The smallest absolute Gasteiger partial charge is 0.343 e. The van der Waals surface area contributed by atoms with Crippen molar-refractivity contribution in [3.8, 4) is 11.4 Å². The minimum Gasteiger partial charge on any atom is -0.343 e. The van der Waals surface area contributed by atoms with Crippen molar-refractivity contribution in [2.45, 2.75) is 25.2 Å². The highest BCUT2D eigenvalue weighted by Gasteiger charge is 2.28. The molecule has 0 saturated carbocycles. The van der Waals surface area contributed by atoms with Gasteiger partial charge < -0.3 is 5.32 Å². The number of carbonyl (C=O) groups is 1. The highest BCUT2D eigenvalue weighted by Crippen LogP contribution is 2.26. The van der Waals surface area contributed by atoms with Crippen molar-refractivity contribution in [1.29, 1.82) is 0 Å². The van der Waals surface area contributed by atoms with E-state index in [1.807, 2.05) is 6.92 Å². The molecule has 2 aromatic rings. The first-order chi connectivity index (χ1) is 11.6. The van der Waals surface area contributed by atoms with Crippen molar-refractivity contribution >= 4 is 17.7 Å². The van der Waals surface area contributed by atoms with Crippen molar-refractivity contribution in [2.24, 2.45) is 7.05 Å². The molecular weight excluding hydrogens is 360 g/mol. The fourth-order valence-corrected chi connectivity index (χ4v) is 2.74. The molecule has 0 unspecified atom stereocenters. The quantitative estimate of drug-likeness (QED) is 0.642. The zero-order valence-corrected chi connectivity index (χ0v) is 14.6. The van der Waals surface area contributed by atoms with Crippen LogP contribution in [-0.4, -0.2) is 39.1 Å². The van der Waals surface area contributed by atoms with Gasteiger partial charge in [-0.2, -0.15) is 13.2 Å². The Hall–Kier alpha value is -2.10. The van der Waals surface area contributed by atoms with E-state index in [4.69, 9.17) is 0 Å². The number of nitrogens with one attached hydrogen (secondary N) is 1. The maximum atomic E-state index is 14.3. The molecule has 0 bridgehead atoms. The molecule has 0 spiro atoms. The highest BCUT2D eigenvalue weighted by atomic mass is 32.2.